The molecule has 1 saturated heterocycles. The molecule has 1 amide bonds. The second-order valence-electron chi connectivity index (χ2n) is 5.29. The van der Waals surface area contributed by atoms with Gasteiger partial charge in [0.25, 0.3) is 5.91 Å². The average molecular weight is 321 g/mol. The largest absolute Gasteiger partial charge is 0.479 e. The Bertz CT molecular complexity index is 717. The Labute approximate surface area is 130 Å². The number of carboxylic acids is 1. The van der Waals surface area contributed by atoms with Crippen LogP contribution in [0.25, 0.3) is 10.1 Å². The van der Waals surface area contributed by atoms with Crippen LogP contribution in [0.2, 0.25) is 0 Å². The van der Waals surface area contributed by atoms with E-state index in [0.29, 0.717) is 17.7 Å². The van der Waals surface area contributed by atoms with Crippen LogP contribution in [0, 0.1) is 6.92 Å². The molecule has 1 unspecified atom stereocenters. The number of fused-ring (bicyclic) bond motifs is 1. The number of hydrogen-bond acceptors (Lipinski definition) is 4. The van der Waals surface area contributed by atoms with Crippen LogP contribution in [0.1, 0.15) is 22.3 Å². The Morgan fingerprint density at radius 1 is 1.38 bits per heavy atom. The van der Waals surface area contributed by atoms with E-state index in [1.54, 1.807) is 17.1 Å². The van der Waals surface area contributed by atoms with Gasteiger partial charge >= 0.3 is 5.97 Å². The highest BCUT2D eigenvalue weighted by Crippen LogP contribution is 2.31. The number of benzene rings is 1. The zero-order chi connectivity index (χ0) is 15.0. The van der Waals surface area contributed by atoms with E-state index in [0.717, 1.165) is 21.4 Å². The third kappa shape index (κ3) is 2.53. The SMILES string of the molecule is Cc1ccc2c(C(=O)NC3(C(=O)O)CCSC3)csc2c1. The van der Waals surface area contributed by atoms with Gasteiger partial charge in [0.15, 0.2) is 0 Å². The Morgan fingerprint density at radius 2 is 2.19 bits per heavy atom. The lowest BCUT2D eigenvalue weighted by Gasteiger charge is -2.24. The first-order valence-corrected chi connectivity index (χ1v) is 8.67. The van der Waals surface area contributed by atoms with Gasteiger partial charge in [-0.15, -0.1) is 11.3 Å². The molecule has 1 aliphatic heterocycles. The molecule has 2 heterocycles. The van der Waals surface area contributed by atoms with Crippen LogP contribution in [0.3, 0.4) is 0 Å². The summed E-state index contributed by atoms with van der Waals surface area (Å²) >= 11 is 3.07. The first-order valence-electron chi connectivity index (χ1n) is 6.63. The number of carbonyl (C=O) groups is 2. The zero-order valence-corrected chi connectivity index (χ0v) is 13.1. The van der Waals surface area contributed by atoms with E-state index in [-0.39, 0.29) is 5.91 Å². The third-order valence-electron chi connectivity index (χ3n) is 3.76. The lowest BCUT2D eigenvalue weighted by Crippen LogP contribution is -2.54. The summed E-state index contributed by atoms with van der Waals surface area (Å²) in [5, 5.41) is 14.9. The summed E-state index contributed by atoms with van der Waals surface area (Å²) in [6.07, 6.45) is 0.472. The van der Waals surface area contributed by atoms with Gasteiger partial charge in [0.05, 0.1) is 5.56 Å². The van der Waals surface area contributed by atoms with Gasteiger partial charge in [-0.25, -0.2) is 4.79 Å². The Morgan fingerprint density at radius 3 is 2.86 bits per heavy atom. The van der Waals surface area contributed by atoms with Gasteiger partial charge in [0, 0.05) is 21.2 Å². The van der Waals surface area contributed by atoms with E-state index in [9.17, 15) is 14.7 Å². The van der Waals surface area contributed by atoms with Crippen molar-refractivity contribution >= 4 is 45.1 Å². The molecule has 0 spiro atoms. The van der Waals surface area contributed by atoms with Crippen LogP contribution < -0.4 is 5.32 Å². The monoisotopic (exact) mass is 321 g/mol. The smallest absolute Gasteiger partial charge is 0.330 e. The third-order valence-corrected chi connectivity index (χ3v) is 5.89. The van der Waals surface area contributed by atoms with Crippen molar-refractivity contribution in [3.05, 3.63) is 34.7 Å². The molecule has 110 valence electrons. The number of carbonyl (C=O) groups excluding carboxylic acids is 1. The van der Waals surface area contributed by atoms with Gasteiger partial charge < -0.3 is 10.4 Å². The van der Waals surface area contributed by atoms with E-state index in [2.05, 4.69) is 5.32 Å². The minimum Gasteiger partial charge on any atom is -0.479 e. The first-order chi connectivity index (χ1) is 10.0. The summed E-state index contributed by atoms with van der Waals surface area (Å²) in [4.78, 5) is 24.0. The minimum atomic E-state index is -1.12. The van der Waals surface area contributed by atoms with E-state index in [1.165, 1.54) is 11.3 Å². The molecular weight excluding hydrogens is 306 g/mol. The molecule has 3 rings (SSSR count). The summed E-state index contributed by atoms with van der Waals surface area (Å²) in [5.41, 5.74) is 0.582. The highest BCUT2D eigenvalue weighted by atomic mass is 32.2. The molecule has 1 aliphatic rings. The van der Waals surface area contributed by atoms with Gasteiger partial charge in [-0.3, -0.25) is 4.79 Å². The molecule has 0 saturated carbocycles. The molecular formula is C15H15NO3S2. The van der Waals surface area contributed by atoms with Crippen molar-refractivity contribution in [1.82, 2.24) is 5.32 Å². The van der Waals surface area contributed by atoms with Gasteiger partial charge in [0.2, 0.25) is 0 Å². The number of nitrogens with one attached hydrogen (secondary N) is 1. The molecule has 1 fully saturated rings. The number of amides is 1. The quantitative estimate of drug-likeness (QED) is 0.912. The molecule has 2 N–H and O–H groups in total. The molecule has 1 aromatic carbocycles. The Balaban J connectivity index is 1.92. The molecule has 0 bridgehead atoms. The predicted molar refractivity (Wildman–Crippen MR) is 86.3 cm³/mol. The fourth-order valence-electron chi connectivity index (χ4n) is 2.48. The van der Waals surface area contributed by atoms with Gasteiger partial charge in [0.1, 0.15) is 5.54 Å². The molecule has 2 aromatic rings. The van der Waals surface area contributed by atoms with Crippen LogP contribution in [0.4, 0.5) is 0 Å². The van der Waals surface area contributed by atoms with Crippen molar-refractivity contribution in [2.24, 2.45) is 0 Å². The highest BCUT2D eigenvalue weighted by molar-refractivity contribution is 7.99. The average Bonchev–Trinajstić information content (AvgIpc) is 3.05. The molecule has 0 aliphatic carbocycles. The van der Waals surface area contributed by atoms with E-state index in [4.69, 9.17) is 0 Å². The van der Waals surface area contributed by atoms with Crippen LogP contribution in [-0.4, -0.2) is 34.0 Å². The van der Waals surface area contributed by atoms with Crippen molar-refractivity contribution in [3.63, 3.8) is 0 Å². The molecule has 0 radical (unpaired) electrons. The van der Waals surface area contributed by atoms with Gasteiger partial charge in [-0.1, -0.05) is 12.1 Å². The fraction of sp³-hybridized carbons (Fsp3) is 0.333. The standard InChI is InChI=1S/C15H15NO3S2/c1-9-2-3-10-11(7-21-12(10)6-9)13(17)16-15(14(18)19)4-5-20-8-15/h2-3,6-7H,4-5,8H2,1H3,(H,16,17)(H,18,19). The number of hydrogen-bond donors (Lipinski definition) is 2. The lowest BCUT2D eigenvalue weighted by atomic mass is 9.98. The topological polar surface area (TPSA) is 66.4 Å². The molecule has 4 nitrogen and oxygen atoms in total. The number of aliphatic carboxylic acids is 1. The number of rotatable bonds is 3. The molecule has 1 atom stereocenters. The number of aryl methyl sites for hydroxylation is 1. The van der Waals surface area contributed by atoms with Crippen molar-refractivity contribution in [2.75, 3.05) is 11.5 Å². The van der Waals surface area contributed by atoms with E-state index < -0.39 is 11.5 Å². The van der Waals surface area contributed by atoms with Crippen LogP contribution in [-0.2, 0) is 4.79 Å². The van der Waals surface area contributed by atoms with E-state index in [1.807, 2.05) is 25.1 Å². The fourth-order valence-corrected chi connectivity index (χ4v) is 4.84. The normalized spacial score (nSPS) is 21.6. The Kier molecular flexibility index (Phi) is 3.67. The van der Waals surface area contributed by atoms with Crippen LogP contribution in [0.5, 0.6) is 0 Å². The lowest BCUT2D eigenvalue weighted by molar-refractivity contribution is -0.143. The summed E-state index contributed by atoms with van der Waals surface area (Å²) in [5.74, 6) is -0.0583. The maximum absolute atomic E-state index is 12.5. The maximum Gasteiger partial charge on any atom is 0.330 e. The molecule has 6 heteroatoms. The number of thiophene rings is 1. The van der Waals surface area contributed by atoms with Crippen LogP contribution in [0.15, 0.2) is 23.6 Å². The minimum absolute atomic E-state index is 0.296. The first kappa shape index (κ1) is 14.4. The van der Waals surface area contributed by atoms with E-state index >= 15 is 0 Å². The summed E-state index contributed by atoms with van der Waals surface area (Å²) < 4.78 is 1.05. The van der Waals surface area contributed by atoms with Crippen molar-refractivity contribution in [2.45, 2.75) is 18.9 Å². The van der Waals surface area contributed by atoms with Gasteiger partial charge in [-0.05, 0) is 30.7 Å². The zero-order valence-electron chi connectivity index (χ0n) is 11.5. The van der Waals surface area contributed by atoms with Crippen molar-refractivity contribution in [1.29, 1.82) is 0 Å². The summed E-state index contributed by atoms with van der Waals surface area (Å²) in [6.45, 7) is 2.01. The van der Waals surface area contributed by atoms with Crippen LogP contribution >= 0.6 is 23.1 Å². The number of thioether (sulfide) groups is 1. The summed E-state index contributed by atoms with van der Waals surface area (Å²) in [6, 6.07) is 5.92. The predicted octanol–water partition coefficient (Wildman–Crippen LogP) is 2.90. The Hall–Kier alpha value is -1.53. The highest BCUT2D eigenvalue weighted by Gasteiger charge is 2.43. The molecule has 1 aromatic heterocycles. The number of carboxylic acid groups (broad SMARTS) is 1. The second-order valence-corrected chi connectivity index (χ2v) is 7.31. The molecule has 21 heavy (non-hydrogen) atoms. The second kappa shape index (κ2) is 5.35. The van der Waals surface area contributed by atoms with Gasteiger partial charge in [-0.2, -0.15) is 11.8 Å². The summed E-state index contributed by atoms with van der Waals surface area (Å²) in [7, 11) is 0. The van der Waals surface area contributed by atoms with Crippen molar-refractivity contribution in [3.8, 4) is 0 Å². The maximum atomic E-state index is 12.5. The van der Waals surface area contributed by atoms with Crippen molar-refractivity contribution < 1.29 is 14.7 Å².